The summed E-state index contributed by atoms with van der Waals surface area (Å²) in [7, 11) is 0. The van der Waals surface area contributed by atoms with Gasteiger partial charge in [0.25, 0.3) is 0 Å². The number of carbonyl (C=O) groups excluding carboxylic acids is 2. The zero-order valence-electron chi connectivity index (χ0n) is 18.3. The van der Waals surface area contributed by atoms with Crippen molar-refractivity contribution in [1.29, 1.82) is 0 Å². The third-order valence-electron chi connectivity index (χ3n) is 5.00. The lowest BCUT2D eigenvalue weighted by atomic mass is 10.0. The van der Waals surface area contributed by atoms with Gasteiger partial charge >= 0.3 is 0 Å². The predicted molar refractivity (Wildman–Crippen MR) is 124 cm³/mol. The number of halogens is 2. The van der Waals surface area contributed by atoms with Crippen LogP contribution in [0, 0.1) is 13.8 Å². The van der Waals surface area contributed by atoms with E-state index in [1.807, 2.05) is 58.9 Å². The van der Waals surface area contributed by atoms with E-state index in [2.05, 4.69) is 5.32 Å². The Labute approximate surface area is 189 Å². The second kappa shape index (κ2) is 10.8. The molecule has 0 aromatic heterocycles. The fourth-order valence-electron chi connectivity index (χ4n) is 3.39. The van der Waals surface area contributed by atoms with E-state index in [1.54, 1.807) is 17.0 Å². The van der Waals surface area contributed by atoms with Crippen molar-refractivity contribution in [3.63, 3.8) is 0 Å². The van der Waals surface area contributed by atoms with E-state index in [9.17, 15) is 9.59 Å². The minimum absolute atomic E-state index is 0.00695. The quantitative estimate of drug-likeness (QED) is 0.580. The van der Waals surface area contributed by atoms with Gasteiger partial charge in [0, 0.05) is 12.6 Å². The molecule has 0 saturated heterocycles. The van der Waals surface area contributed by atoms with Gasteiger partial charge in [-0.2, -0.15) is 0 Å². The van der Waals surface area contributed by atoms with Crippen LogP contribution in [0.2, 0.25) is 10.0 Å². The number of nitrogens with one attached hydrogen (secondary N) is 1. The zero-order chi connectivity index (χ0) is 22.4. The van der Waals surface area contributed by atoms with Crippen LogP contribution in [-0.4, -0.2) is 28.8 Å². The summed E-state index contributed by atoms with van der Waals surface area (Å²) in [5.74, 6) is -0.248. The molecule has 0 spiro atoms. The average molecular weight is 449 g/mol. The number of nitrogens with zero attached hydrogens (tertiary/aromatic N) is 1. The minimum atomic E-state index is -0.570. The number of hydrogen-bond donors (Lipinski definition) is 1. The summed E-state index contributed by atoms with van der Waals surface area (Å²) in [5.41, 5.74) is 3.96. The summed E-state index contributed by atoms with van der Waals surface area (Å²) in [5, 5.41) is 3.82. The van der Waals surface area contributed by atoms with Crippen LogP contribution in [0.4, 0.5) is 0 Å². The Hall–Kier alpha value is -2.04. The number of amides is 2. The van der Waals surface area contributed by atoms with E-state index in [1.165, 1.54) is 0 Å². The maximum Gasteiger partial charge on any atom is 0.243 e. The zero-order valence-corrected chi connectivity index (χ0v) is 19.8. The van der Waals surface area contributed by atoms with Crippen LogP contribution in [0.3, 0.4) is 0 Å². The summed E-state index contributed by atoms with van der Waals surface area (Å²) in [6, 6.07) is 10.8. The summed E-state index contributed by atoms with van der Waals surface area (Å²) >= 11 is 12.2. The van der Waals surface area contributed by atoms with Gasteiger partial charge in [0.1, 0.15) is 6.04 Å². The molecule has 2 amide bonds. The Bertz CT molecular complexity index is 912. The van der Waals surface area contributed by atoms with Gasteiger partial charge in [-0.1, -0.05) is 60.0 Å². The number of benzene rings is 2. The van der Waals surface area contributed by atoms with Crippen LogP contribution in [0.25, 0.3) is 0 Å². The Morgan fingerprint density at radius 1 is 1.03 bits per heavy atom. The van der Waals surface area contributed by atoms with Gasteiger partial charge in [0.2, 0.25) is 11.8 Å². The highest BCUT2D eigenvalue weighted by molar-refractivity contribution is 6.42. The first kappa shape index (κ1) is 24.2. The first-order valence-electron chi connectivity index (χ1n) is 10.2. The van der Waals surface area contributed by atoms with Crippen molar-refractivity contribution in [2.24, 2.45) is 0 Å². The van der Waals surface area contributed by atoms with Crippen LogP contribution in [0.1, 0.15) is 49.4 Å². The topological polar surface area (TPSA) is 49.4 Å². The van der Waals surface area contributed by atoms with E-state index in [0.29, 0.717) is 16.5 Å². The highest BCUT2D eigenvalue weighted by atomic mass is 35.5. The molecule has 0 aliphatic carbocycles. The molecular formula is C24H30Cl2N2O2. The Morgan fingerprint density at radius 3 is 2.33 bits per heavy atom. The lowest BCUT2D eigenvalue weighted by Crippen LogP contribution is -2.50. The number of hydrogen-bond acceptors (Lipinski definition) is 2. The molecule has 1 N–H and O–H groups in total. The summed E-state index contributed by atoms with van der Waals surface area (Å²) in [4.78, 5) is 27.9. The van der Waals surface area contributed by atoms with Crippen LogP contribution in [-0.2, 0) is 22.6 Å². The molecule has 0 radical (unpaired) electrons. The lowest BCUT2D eigenvalue weighted by molar-refractivity contribution is -0.141. The number of aryl methyl sites for hydroxylation is 2. The molecule has 6 heteroatoms. The van der Waals surface area contributed by atoms with Gasteiger partial charge in [0.05, 0.1) is 16.5 Å². The van der Waals surface area contributed by atoms with Crippen molar-refractivity contribution in [1.82, 2.24) is 10.2 Å². The van der Waals surface area contributed by atoms with Crippen molar-refractivity contribution >= 4 is 35.0 Å². The third kappa shape index (κ3) is 6.48. The number of carbonyl (C=O) groups is 2. The first-order chi connectivity index (χ1) is 14.1. The monoisotopic (exact) mass is 448 g/mol. The molecule has 0 aliphatic heterocycles. The van der Waals surface area contributed by atoms with Crippen LogP contribution in [0.5, 0.6) is 0 Å². The highest BCUT2D eigenvalue weighted by Crippen LogP contribution is 2.24. The molecule has 0 aliphatic rings. The molecular weight excluding hydrogens is 419 g/mol. The predicted octanol–water partition coefficient (Wildman–Crippen LogP) is 5.48. The Kier molecular flexibility index (Phi) is 8.75. The second-order valence-corrected chi connectivity index (χ2v) is 8.78. The average Bonchev–Trinajstić information content (AvgIpc) is 2.66. The van der Waals surface area contributed by atoms with Gasteiger partial charge in [-0.3, -0.25) is 9.59 Å². The van der Waals surface area contributed by atoms with Crippen LogP contribution in [0.15, 0.2) is 36.4 Å². The summed E-state index contributed by atoms with van der Waals surface area (Å²) in [6.07, 6.45) is 0.749. The molecule has 2 aromatic rings. The van der Waals surface area contributed by atoms with E-state index in [4.69, 9.17) is 23.2 Å². The van der Waals surface area contributed by atoms with Crippen molar-refractivity contribution in [3.8, 4) is 0 Å². The molecule has 4 nitrogen and oxygen atoms in total. The summed E-state index contributed by atoms with van der Waals surface area (Å²) in [6.45, 7) is 10.0. The molecule has 0 saturated carbocycles. The maximum absolute atomic E-state index is 13.4. The molecule has 0 bridgehead atoms. The van der Waals surface area contributed by atoms with Crippen molar-refractivity contribution in [2.45, 2.75) is 66.1 Å². The molecule has 30 heavy (non-hydrogen) atoms. The standard InChI is InChI=1S/C24H30Cl2N2O2/c1-6-22(24(30)27-15(2)3)28(14-18-9-10-20(25)21(26)12-18)23(29)13-19-11-16(4)7-8-17(19)5/h7-12,15,22H,6,13-14H2,1-5H3,(H,27,30)/t22-/m1/s1. The third-order valence-corrected chi connectivity index (χ3v) is 5.74. The fraction of sp³-hybridized carbons (Fsp3) is 0.417. The van der Waals surface area contributed by atoms with Gasteiger partial charge in [-0.15, -0.1) is 0 Å². The lowest BCUT2D eigenvalue weighted by Gasteiger charge is -2.31. The molecule has 1 atom stereocenters. The van der Waals surface area contributed by atoms with Gasteiger partial charge in [0.15, 0.2) is 0 Å². The van der Waals surface area contributed by atoms with Crippen molar-refractivity contribution in [3.05, 3.63) is 68.7 Å². The molecule has 0 fully saturated rings. The minimum Gasteiger partial charge on any atom is -0.352 e. The molecule has 162 valence electrons. The number of rotatable bonds is 8. The molecule has 0 unspecified atom stereocenters. The smallest absolute Gasteiger partial charge is 0.243 e. The van der Waals surface area contributed by atoms with Crippen LogP contribution >= 0.6 is 23.2 Å². The van der Waals surface area contributed by atoms with Gasteiger partial charge < -0.3 is 10.2 Å². The fourth-order valence-corrected chi connectivity index (χ4v) is 3.71. The van der Waals surface area contributed by atoms with E-state index < -0.39 is 6.04 Å². The van der Waals surface area contributed by atoms with Crippen molar-refractivity contribution < 1.29 is 9.59 Å². The summed E-state index contributed by atoms with van der Waals surface area (Å²) < 4.78 is 0. The Balaban J connectivity index is 2.37. The van der Waals surface area contributed by atoms with Crippen molar-refractivity contribution in [2.75, 3.05) is 0 Å². The molecule has 0 heterocycles. The highest BCUT2D eigenvalue weighted by Gasteiger charge is 2.29. The first-order valence-corrected chi connectivity index (χ1v) is 11.0. The van der Waals surface area contributed by atoms with Crippen LogP contribution < -0.4 is 5.32 Å². The molecule has 2 aromatic carbocycles. The maximum atomic E-state index is 13.4. The van der Waals surface area contributed by atoms with E-state index in [-0.39, 0.29) is 30.8 Å². The normalized spacial score (nSPS) is 12.0. The van der Waals surface area contributed by atoms with E-state index >= 15 is 0 Å². The largest absolute Gasteiger partial charge is 0.352 e. The second-order valence-electron chi connectivity index (χ2n) is 7.96. The Morgan fingerprint density at radius 2 is 1.73 bits per heavy atom. The molecule has 2 rings (SSSR count). The van der Waals surface area contributed by atoms with Gasteiger partial charge in [-0.25, -0.2) is 0 Å². The van der Waals surface area contributed by atoms with E-state index in [0.717, 1.165) is 22.3 Å². The van der Waals surface area contributed by atoms with Gasteiger partial charge in [-0.05, 0) is 62.9 Å². The SMILES string of the molecule is CC[C@H](C(=O)NC(C)C)N(Cc1ccc(Cl)c(Cl)c1)C(=O)Cc1cc(C)ccc1C.